The molecule has 0 saturated heterocycles. The lowest BCUT2D eigenvalue weighted by molar-refractivity contribution is 0.0507. The third-order valence-corrected chi connectivity index (χ3v) is 3.49. The second-order valence-electron chi connectivity index (χ2n) is 4.80. The summed E-state index contributed by atoms with van der Waals surface area (Å²) in [7, 11) is 0. The number of hydrogen-bond acceptors (Lipinski definition) is 3. The van der Waals surface area contributed by atoms with Crippen LogP contribution in [0.4, 0.5) is 0 Å². The molecule has 0 radical (unpaired) electrons. The van der Waals surface area contributed by atoms with Gasteiger partial charge in [0.1, 0.15) is 11.5 Å². The summed E-state index contributed by atoms with van der Waals surface area (Å²) < 4.78 is 2.94. The number of aromatic nitrogens is 2. The highest BCUT2D eigenvalue weighted by Crippen LogP contribution is 2.28. The Bertz CT molecular complexity index is 875. The topological polar surface area (TPSA) is 59.5 Å². The number of aromatic hydroxyl groups is 2. The zero-order valence-corrected chi connectivity index (χ0v) is 11.0. The molecule has 0 aliphatic carbocycles. The predicted octanol–water partition coefficient (Wildman–Crippen LogP) is 2.90. The van der Waals surface area contributed by atoms with Crippen LogP contribution in [0.3, 0.4) is 0 Å². The minimum Gasteiger partial charge on any atom is -0.506 e. The fourth-order valence-corrected chi connectivity index (χ4v) is 2.50. The van der Waals surface area contributed by atoms with Gasteiger partial charge in [0.05, 0.1) is 23.4 Å². The van der Waals surface area contributed by atoms with Crippen LogP contribution in [0.5, 0.6) is 11.5 Å². The molecule has 2 aromatic heterocycles. The van der Waals surface area contributed by atoms with Gasteiger partial charge in [0.15, 0.2) is 0 Å². The Hall–Kier alpha value is -3.08. The highest BCUT2D eigenvalue weighted by atomic mass is 16.8. The van der Waals surface area contributed by atoms with Crippen molar-refractivity contribution in [3.63, 3.8) is 0 Å². The molecule has 0 aliphatic rings. The fraction of sp³-hybridized carbons (Fsp3) is 0. The highest BCUT2D eigenvalue weighted by molar-refractivity contribution is 5.87. The van der Waals surface area contributed by atoms with E-state index in [-0.39, 0.29) is 11.5 Å². The van der Waals surface area contributed by atoms with Crippen LogP contribution in [0, 0.1) is 0 Å². The van der Waals surface area contributed by atoms with E-state index < -0.39 is 0 Å². The number of benzene rings is 2. The van der Waals surface area contributed by atoms with E-state index >= 15 is 0 Å². The lowest BCUT2D eigenvalue weighted by atomic mass is 10.2. The second-order valence-corrected chi connectivity index (χ2v) is 4.80. The van der Waals surface area contributed by atoms with E-state index in [0.29, 0.717) is 10.8 Å². The summed E-state index contributed by atoms with van der Waals surface area (Å²) in [6.45, 7) is 0. The summed E-state index contributed by atoms with van der Waals surface area (Å²) >= 11 is 0. The summed E-state index contributed by atoms with van der Waals surface area (Å²) in [6, 6.07) is 14.8. The fourth-order valence-electron chi connectivity index (χ4n) is 2.50. The van der Waals surface area contributed by atoms with Crippen molar-refractivity contribution in [1.29, 1.82) is 0 Å². The molecular formula is C16H12N2O3. The normalized spacial score (nSPS) is 11.2. The lowest BCUT2D eigenvalue weighted by Crippen LogP contribution is -2.15. The number of fused-ring (bicyclic) bond motifs is 2. The Morgan fingerprint density at radius 2 is 1.10 bits per heavy atom. The Labute approximate surface area is 119 Å². The molecule has 2 N–H and O–H groups in total. The van der Waals surface area contributed by atoms with Gasteiger partial charge in [-0.25, -0.2) is 0 Å². The third kappa shape index (κ3) is 1.71. The predicted molar refractivity (Wildman–Crippen MR) is 79.2 cm³/mol. The molecule has 4 rings (SSSR count). The van der Waals surface area contributed by atoms with Gasteiger partial charge in [-0.3, -0.25) is 4.94 Å². The monoisotopic (exact) mass is 280 g/mol. The van der Waals surface area contributed by atoms with Crippen molar-refractivity contribution in [3.8, 4) is 11.5 Å². The van der Waals surface area contributed by atoms with E-state index in [1.807, 2.05) is 48.5 Å². The van der Waals surface area contributed by atoms with Crippen LogP contribution in [-0.2, 0) is 0 Å². The van der Waals surface area contributed by atoms with Crippen LogP contribution in [0.1, 0.15) is 0 Å². The van der Waals surface area contributed by atoms with Gasteiger partial charge < -0.3 is 10.2 Å². The van der Waals surface area contributed by atoms with E-state index in [1.54, 1.807) is 0 Å². The summed E-state index contributed by atoms with van der Waals surface area (Å²) in [6.07, 6.45) is 2.99. The van der Waals surface area contributed by atoms with Gasteiger partial charge in [-0.05, 0) is 24.3 Å². The third-order valence-electron chi connectivity index (χ3n) is 3.49. The first kappa shape index (κ1) is 11.7. The van der Waals surface area contributed by atoms with Crippen molar-refractivity contribution in [2.24, 2.45) is 0 Å². The summed E-state index contributed by atoms with van der Waals surface area (Å²) in [5, 5.41) is 21.3. The highest BCUT2D eigenvalue weighted by Gasteiger charge is 2.11. The first-order valence-electron chi connectivity index (χ1n) is 6.51. The standard InChI is InChI=1S/C16H12N2O3/c19-15-9-17(13-7-3-1-5-11(13)15)21-18-10-16(20)12-6-2-4-8-14(12)18/h1-10,19-20H. The van der Waals surface area contributed by atoms with Crippen molar-refractivity contribution in [3.05, 3.63) is 60.9 Å². The van der Waals surface area contributed by atoms with Crippen molar-refractivity contribution < 1.29 is 15.2 Å². The number of rotatable bonds is 2. The van der Waals surface area contributed by atoms with Crippen LogP contribution >= 0.6 is 0 Å². The number of para-hydroxylation sites is 2. The molecule has 0 atom stereocenters. The van der Waals surface area contributed by atoms with E-state index in [2.05, 4.69) is 0 Å². The van der Waals surface area contributed by atoms with Crippen molar-refractivity contribution in [1.82, 2.24) is 9.46 Å². The Balaban J connectivity index is 1.87. The average molecular weight is 280 g/mol. The van der Waals surface area contributed by atoms with Crippen molar-refractivity contribution in [2.45, 2.75) is 0 Å². The molecule has 0 aliphatic heterocycles. The van der Waals surface area contributed by atoms with E-state index in [9.17, 15) is 10.2 Å². The van der Waals surface area contributed by atoms with Gasteiger partial charge in [-0.15, -0.1) is 0 Å². The Morgan fingerprint density at radius 3 is 1.57 bits per heavy atom. The minimum absolute atomic E-state index is 0.145. The first-order chi connectivity index (χ1) is 10.2. The van der Waals surface area contributed by atoms with E-state index in [1.165, 1.54) is 21.9 Å². The maximum Gasteiger partial charge on any atom is 0.144 e. The second kappa shape index (κ2) is 4.21. The SMILES string of the molecule is Oc1cn(On2cc(O)c3ccccc32)c2ccccc12. The zero-order chi connectivity index (χ0) is 14.4. The van der Waals surface area contributed by atoms with E-state index in [0.717, 1.165) is 11.0 Å². The molecule has 0 saturated carbocycles. The minimum atomic E-state index is 0.145. The van der Waals surface area contributed by atoms with Gasteiger partial charge in [0.2, 0.25) is 0 Å². The molecule has 0 fully saturated rings. The van der Waals surface area contributed by atoms with Crippen LogP contribution in [0.2, 0.25) is 0 Å². The van der Waals surface area contributed by atoms with Crippen LogP contribution in [0.25, 0.3) is 21.8 Å². The molecule has 2 aromatic carbocycles. The van der Waals surface area contributed by atoms with Crippen molar-refractivity contribution >= 4 is 21.8 Å². The van der Waals surface area contributed by atoms with Crippen LogP contribution in [-0.4, -0.2) is 19.7 Å². The Kier molecular flexibility index (Phi) is 2.35. The summed E-state index contributed by atoms with van der Waals surface area (Å²) in [4.78, 5) is 5.76. The lowest BCUT2D eigenvalue weighted by Gasteiger charge is -2.08. The summed E-state index contributed by atoms with van der Waals surface area (Å²) in [5.41, 5.74) is 1.49. The summed E-state index contributed by atoms with van der Waals surface area (Å²) in [5.74, 6) is 0.289. The molecule has 4 aromatic rings. The van der Waals surface area contributed by atoms with Crippen molar-refractivity contribution in [2.75, 3.05) is 0 Å². The maximum atomic E-state index is 9.93. The maximum absolute atomic E-state index is 9.93. The van der Waals surface area contributed by atoms with Gasteiger partial charge in [-0.2, -0.15) is 9.46 Å². The number of hydrogen-bond donors (Lipinski definition) is 2. The molecule has 2 heterocycles. The molecule has 5 heteroatoms. The quantitative estimate of drug-likeness (QED) is 0.593. The van der Waals surface area contributed by atoms with E-state index in [4.69, 9.17) is 4.94 Å². The molecule has 104 valence electrons. The molecule has 0 amide bonds. The molecular weight excluding hydrogens is 268 g/mol. The number of nitrogens with zero attached hydrogens (tertiary/aromatic N) is 2. The average Bonchev–Trinajstić information content (AvgIpc) is 3.00. The van der Waals surface area contributed by atoms with Gasteiger partial charge in [0.25, 0.3) is 0 Å². The van der Waals surface area contributed by atoms with Gasteiger partial charge in [-0.1, -0.05) is 24.3 Å². The molecule has 0 unspecified atom stereocenters. The molecule has 0 spiro atoms. The first-order valence-corrected chi connectivity index (χ1v) is 6.51. The van der Waals surface area contributed by atoms with Gasteiger partial charge >= 0.3 is 0 Å². The van der Waals surface area contributed by atoms with Crippen LogP contribution in [0.15, 0.2) is 60.9 Å². The molecule has 21 heavy (non-hydrogen) atoms. The largest absolute Gasteiger partial charge is 0.506 e. The van der Waals surface area contributed by atoms with Crippen LogP contribution < -0.4 is 4.94 Å². The Morgan fingerprint density at radius 1 is 0.667 bits per heavy atom. The zero-order valence-electron chi connectivity index (χ0n) is 11.0. The van der Waals surface area contributed by atoms with Gasteiger partial charge in [0, 0.05) is 10.8 Å². The molecule has 5 nitrogen and oxygen atoms in total. The smallest absolute Gasteiger partial charge is 0.144 e. The molecule has 0 bridgehead atoms.